The van der Waals surface area contributed by atoms with E-state index in [0.717, 1.165) is 16.9 Å². The Morgan fingerprint density at radius 2 is 1.85 bits per heavy atom. The Morgan fingerprint density at radius 1 is 1.11 bits per heavy atom. The zero-order valence-corrected chi connectivity index (χ0v) is 16.5. The molecule has 1 aromatic heterocycles. The molecule has 0 unspecified atom stereocenters. The molecule has 0 spiro atoms. The van der Waals surface area contributed by atoms with Crippen LogP contribution >= 0.6 is 0 Å². The van der Waals surface area contributed by atoms with Crippen molar-refractivity contribution in [1.29, 1.82) is 0 Å². The molecule has 144 valence electrons. The van der Waals surface area contributed by atoms with E-state index in [1.165, 1.54) is 25.7 Å². The molecular weight excluding hydrogens is 358 g/mol. The summed E-state index contributed by atoms with van der Waals surface area (Å²) >= 11 is 0. The molecule has 1 aliphatic carbocycles. The summed E-state index contributed by atoms with van der Waals surface area (Å²) in [7, 11) is -3.47. The van der Waals surface area contributed by atoms with E-state index in [9.17, 15) is 8.42 Å². The van der Waals surface area contributed by atoms with Crippen molar-refractivity contribution in [2.45, 2.75) is 50.4 Å². The van der Waals surface area contributed by atoms with Crippen LogP contribution in [0.4, 0.5) is 5.69 Å². The number of aromatic nitrogens is 1. The number of fused-ring (bicyclic) bond motifs is 1. The number of rotatable bonds is 5. The van der Waals surface area contributed by atoms with E-state index in [4.69, 9.17) is 0 Å². The first kappa shape index (κ1) is 18.4. The van der Waals surface area contributed by atoms with Gasteiger partial charge in [-0.25, -0.2) is 13.1 Å². The normalized spacial score (nSPS) is 25.7. The molecule has 0 bridgehead atoms. The molecule has 2 N–H and O–H groups in total. The molecule has 3 atom stereocenters. The summed E-state index contributed by atoms with van der Waals surface area (Å²) in [5, 5.41) is 3.66. The van der Waals surface area contributed by atoms with Crippen LogP contribution in [-0.4, -0.2) is 19.4 Å². The van der Waals surface area contributed by atoms with Crippen molar-refractivity contribution in [2.75, 3.05) is 5.32 Å². The largest absolute Gasteiger partial charge is 0.380 e. The molecule has 0 saturated heterocycles. The van der Waals surface area contributed by atoms with E-state index in [0.29, 0.717) is 5.92 Å². The van der Waals surface area contributed by atoms with Crippen LogP contribution in [0.1, 0.15) is 49.9 Å². The Morgan fingerprint density at radius 3 is 2.59 bits per heavy atom. The summed E-state index contributed by atoms with van der Waals surface area (Å²) in [5.41, 5.74) is 2.55. The zero-order valence-electron chi connectivity index (χ0n) is 15.6. The summed E-state index contributed by atoms with van der Waals surface area (Å²) in [6, 6.07) is 13.2. The molecule has 1 aromatic carbocycles. The van der Waals surface area contributed by atoms with Gasteiger partial charge in [-0.1, -0.05) is 50.1 Å². The van der Waals surface area contributed by atoms with Crippen LogP contribution in [-0.2, 0) is 15.8 Å². The van der Waals surface area contributed by atoms with E-state index in [2.05, 4.69) is 21.9 Å². The molecule has 6 heteroatoms. The summed E-state index contributed by atoms with van der Waals surface area (Å²) in [6.07, 6.45) is 6.68. The highest BCUT2D eigenvalue weighted by Gasteiger charge is 2.40. The van der Waals surface area contributed by atoms with E-state index < -0.39 is 10.0 Å². The van der Waals surface area contributed by atoms with Gasteiger partial charge in [0.25, 0.3) is 0 Å². The van der Waals surface area contributed by atoms with Gasteiger partial charge in [0.1, 0.15) is 0 Å². The average Bonchev–Trinajstić information content (AvgIpc) is 3.19. The van der Waals surface area contributed by atoms with Crippen molar-refractivity contribution in [3.8, 4) is 0 Å². The number of pyridine rings is 1. The predicted molar refractivity (Wildman–Crippen MR) is 108 cm³/mol. The minimum atomic E-state index is -3.47. The monoisotopic (exact) mass is 385 g/mol. The SMILES string of the molecule is C[C@@H]1[C@H](NS(=O)(=O)Cc2ccccc2)c2ncccc2N[C@H]1C1CCCC1. The van der Waals surface area contributed by atoms with Gasteiger partial charge in [-0.2, -0.15) is 0 Å². The second-order valence-corrected chi connectivity index (χ2v) is 9.60. The van der Waals surface area contributed by atoms with Crippen molar-refractivity contribution >= 4 is 15.7 Å². The number of anilines is 1. The standard InChI is InChI=1S/C21H27N3O2S/c1-15-19(17-10-5-6-11-17)23-18-12-7-13-22-21(18)20(15)24-27(25,26)14-16-8-3-2-4-9-16/h2-4,7-9,12-13,15,17,19-20,23-24H,5-6,10-11,14H2,1H3/t15-,19+,20-/m0/s1. The number of sulfonamides is 1. The molecule has 2 aromatic rings. The van der Waals surface area contributed by atoms with Gasteiger partial charge in [0.15, 0.2) is 0 Å². The van der Waals surface area contributed by atoms with Gasteiger partial charge < -0.3 is 5.32 Å². The van der Waals surface area contributed by atoms with Crippen LogP contribution in [0.3, 0.4) is 0 Å². The molecule has 1 saturated carbocycles. The molecule has 5 nitrogen and oxygen atoms in total. The van der Waals surface area contributed by atoms with Crippen LogP contribution < -0.4 is 10.0 Å². The van der Waals surface area contributed by atoms with E-state index >= 15 is 0 Å². The number of nitrogens with one attached hydrogen (secondary N) is 2. The first-order valence-corrected chi connectivity index (χ1v) is 11.4. The third-order valence-electron chi connectivity index (χ3n) is 5.96. The molecule has 0 amide bonds. The fourth-order valence-electron chi connectivity index (χ4n) is 4.61. The van der Waals surface area contributed by atoms with Crippen molar-refractivity contribution in [2.24, 2.45) is 11.8 Å². The fraction of sp³-hybridized carbons (Fsp3) is 0.476. The highest BCUT2D eigenvalue weighted by atomic mass is 32.2. The van der Waals surface area contributed by atoms with Crippen molar-refractivity contribution in [3.05, 3.63) is 59.9 Å². The van der Waals surface area contributed by atoms with Crippen LogP contribution in [0.15, 0.2) is 48.7 Å². The first-order valence-electron chi connectivity index (χ1n) is 9.79. The smallest absolute Gasteiger partial charge is 0.216 e. The van der Waals surface area contributed by atoms with Crippen molar-refractivity contribution in [1.82, 2.24) is 9.71 Å². The Hall–Kier alpha value is -1.92. The van der Waals surface area contributed by atoms with Gasteiger partial charge >= 0.3 is 0 Å². The minimum Gasteiger partial charge on any atom is -0.380 e. The predicted octanol–water partition coefficient (Wildman–Crippen LogP) is 3.86. The van der Waals surface area contributed by atoms with Gasteiger partial charge in [-0.05, 0) is 42.4 Å². The molecule has 27 heavy (non-hydrogen) atoms. The second-order valence-electron chi connectivity index (χ2n) is 7.85. The first-order chi connectivity index (χ1) is 13.0. The topological polar surface area (TPSA) is 71.1 Å². The van der Waals surface area contributed by atoms with Gasteiger partial charge in [-0.15, -0.1) is 0 Å². The zero-order chi connectivity index (χ0) is 18.9. The Labute approximate surface area is 161 Å². The molecule has 4 rings (SSSR count). The molecule has 2 heterocycles. The van der Waals surface area contributed by atoms with Gasteiger partial charge in [0.05, 0.1) is 23.2 Å². The van der Waals surface area contributed by atoms with Gasteiger partial charge in [0.2, 0.25) is 10.0 Å². The fourth-order valence-corrected chi connectivity index (χ4v) is 6.04. The van der Waals surface area contributed by atoms with E-state index in [-0.39, 0.29) is 23.8 Å². The van der Waals surface area contributed by atoms with Crippen LogP contribution in [0.5, 0.6) is 0 Å². The second kappa shape index (κ2) is 7.60. The summed E-state index contributed by atoms with van der Waals surface area (Å²) in [4.78, 5) is 4.51. The van der Waals surface area contributed by atoms with E-state index in [1.807, 2.05) is 42.5 Å². The number of hydrogen-bond donors (Lipinski definition) is 2. The van der Waals surface area contributed by atoms with E-state index in [1.54, 1.807) is 6.20 Å². The number of benzene rings is 1. The average molecular weight is 386 g/mol. The maximum absolute atomic E-state index is 12.9. The number of nitrogens with zero attached hydrogens (tertiary/aromatic N) is 1. The summed E-state index contributed by atoms with van der Waals surface area (Å²) in [6.45, 7) is 2.14. The molecule has 0 radical (unpaired) electrons. The Bertz CT molecular complexity index is 879. The Kier molecular flexibility index (Phi) is 5.19. The maximum Gasteiger partial charge on any atom is 0.216 e. The lowest BCUT2D eigenvalue weighted by Crippen LogP contribution is -2.47. The third kappa shape index (κ3) is 4.01. The van der Waals surface area contributed by atoms with Gasteiger partial charge in [0, 0.05) is 12.2 Å². The highest BCUT2D eigenvalue weighted by molar-refractivity contribution is 7.88. The lowest BCUT2D eigenvalue weighted by atomic mass is 9.79. The molecule has 2 aliphatic rings. The van der Waals surface area contributed by atoms with Crippen molar-refractivity contribution < 1.29 is 8.42 Å². The summed E-state index contributed by atoms with van der Waals surface area (Å²) < 4.78 is 28.8. The third-order valence-corrected chi connectivity index (χ3v) is 7.29. The Balaban J connectivity index is 1.61. The van der Waals surface area contributed by atoms with Crippen LogP contribution in [0, 0.1) is 11.8 Å². The highest BCUT2D eigenvalue weighted by Crippen LogP contribution is 2.42. The lowest BCUT2D eigenvalue weighted by Gasteiger charge is -2.41. The van der Waals surface area contributed by atoms with Crippen molar-refractivity contribution in [3.63, 3.8) is 0 Å². The van der Waals surface area contributed by atoms with Crippen LogP contribution in [0.25, 0.3) is 0 Å². The molecule has 1 fully saturated rings. The number of hydrogen-bond acceptors (Lipinski definition) is 4. The quantitative estimate of drug-likeness (QED) is 0.820. The van der Waals surface area contributed by atoms with Crippen LogP contribution in [0.2, 0.25) is 0 Å². The minimum absolute atomic E-state index is 0.0131. The molecule has 1 aliphatic heterocycles. The van der Waals surface area contributed by atoms with Gasteiger partial charge in [-0.3, -0.25) is 4.98 Å². The maximum atomic E-state index is 12.9. The molecular formula is C21H27N3O2S. The summed E-state index contributed by atoms with van der Waals surface area (Å²) in [5.74, 6) is 0.719. The lowest BCUT2D eigenvalue weighted by molar-refractivity contribution is 0.285.